The average Bonchev–Trinajstić information content (AvgIpc) is 2.89. The van der Waals surface area contributed by atoms with Gasteiger partial charge in [-0.2, -0.15) is 0 Å². The van der Waals surface area contributed by atoms with E-state index in [1.54, 1.807) is 0 Å². The van der Waals surface area contributed by atoms with Crippen LogP contribution in [0.2, 0.25) is 0 Å². The smallest absolute Gasteiger partial charge is 0.146 e. The maximum Gasteiger partial charge on any atom is 0.146 e. The van der Waals surface area contributed by atoms with Gasteiger partial charge in [-0.25, -0.2) is 15.0 Å². The monoisotopic (exact) mass is 273 g/mol. The van der Waals surface area contributed by atoms with Gasteiger partial charge < -0.3 is 5.32 Å². The van der Waals surface area contributed by atoms with Crippen LogP contribution in [0.5, 0.6) is 0 Å². The molecule has 2 heterocycles. The molecule has 0 saturated heterocycles. The summed E-state index contributed by atoms with van der Waals surface area (Å²) in [7, 11) is 0. The van der Waals surface area contributed by atoms with E-state index in [1.807, 2.05) is 12.4 Å². The highest BCUT2D eigenvalue weighted by atomic mass is 15.2. The number of anilines is 1. The number of hydrogen-bond donors (Lipinski definition) is 1. The molecule has 0 aliphatic rings. The molecule has 2 aromatic heterocycles. The molecule has 5 heteroatoms. The van der Waals surface area contributed by atoms with Gasteiger partial charge in [0.2, 0.25) is 0 Å². The molecule has 0 aliphatic carbocycles. The van der Waals surface area contributed by atoms with Crippen LogP contribution in [0.15, 0.2) is 12.4 Å². The van der Waals surface area contributed by atoms with Gasteiger partial charge in [0.25, 0.3) is 0 Å². The summed E-state index contributed by atoms with van der Waals surface area (Å²) in [5.41, 5.74) is 1.06. The minimum atomic E-state index is 0.292. The Hall–Kier alpha value is -1.91. The molecule has 0 radical (unpaired) electrons. The topological polar surface area (TPSA) is 55.6 Å². The number of imidazole rings is 1. The molecule has 0 saturated carbocycles. The normalized spacial score (nSPS) is 11.1. The summed E-state index contributed by atoms with van der Waals surface area (Å²) in [5.74, 6) is 4.01. The van der Waals surface area contributed by atoms with E-state index < -0.39 is 0 Å². The summed E-state index contributed by atoms with van der Waals surface area (Å²) in [6.45, 7) is 11.3. The van der Waals surface area contributed by atoms with Crippen molar-refractivity contribution in [1.82, 2.24) is 19.5 Å². The zero-order valence-corrected chi connectivity index (χ0v) is 12.9. The Morgan fingerprint density at radius 2 is 2.00 bits per heavy atom. The third-order valence-electron chi connectivity index (χ3n) is 3.26. The molecule has 0 unspecified atom stereocenters. The van der Waals surface area contributed by atoms with Crippen LogP contribution in [0.25, 0.3) is 5.82 Å². The second kappa shape index (κ2) is 6.03. The molecule has 0 aliphatic heterocycles. The van der Waals surface area contributed by atoms with Crippen molar-refractivity contribution < 1.29 is 0 Å². The predicted octanol–water partition coefficient (Wildman–Crippen LogP) is 3.09. The Labute approximate surface area is 120 Å². The highest BCUT2D eigenvalue weighted by Crippen LogP contribution is 2.23. The molecule has 0 amide bonds. The number of aromatic nitrogens is 4. The first-order valence-corrected chi connectivity index (χ1v) is 7.23. The lowest BCUT2D eigenvalue weighted by Crippen LogP contribution is -2.13. The molecule has 0 atom stereocenters. The van der Waals surface area contributed by atoms with Crippen molar-refractivity contribution in [1.29, 1.82) is 0 Å². The molecular weight excluding hydrogens is 250 g/mol. The summed E-state index contributed by atoms with van der Waals surface area (Å²) >= 11 is 0. The van der Waals surface area contributed by atoms with Crippen molar-refractivity contribution in [2.75, 3.05) is 11.9 Å². The fraction of sp³-hybridized carbons (Fsp3) is 0.533. The van der Waals surface area contributed by atoms with Gasteiger partial charge in [-0.15, -0.1) is 0 Å². The van der Waals surface area contributed by atoms with Crippen molar-refractivity contribution in [3.05, 3.63) is 29.6 Å². The van der Waals surface area contributed by atoms with Gasteiger partial charge in [0, 0.05) is 36.8 Å². The van der Waals surface area contributed by atoms with E-state index in [1.165, 1.54) is 0 Å². The minimum absolute atomic E-state index is 0.292. The molecule has 2 aromatic rings. The Morgan fingerprint density at radius 1 is 1.25 bits per heavy atom. The van der Waals surface area contributed by atoms with Gasteiger partial charge in [-0.3, -0.25) is 4.57 Å². The second-order valence-electron chi connectivity index (χ2n) is 5.13. The van der Waals surface area contributed by atoms with Crippen LogP contribution in [0.3, 0.4) is 0 Å². The van der Waals surface area contributed by atoms with E-state index >= 15 is 0 Å². The summed E-state index contributed by atoms with van der Waals surface area (Å²) in [5, 5.41) is 3.33. The Balaban J connectivity index is 2.61. The highest BCUT2D eigenvalue weighted by molar-refractivity contribution is 5.52. The molecule has 0 fully saturated rings. The molecule has 5 nitrogen and oxygen atoms in total. The maximum absolute atomic E-state index is 4.74. The maximum atomic E-state index is 4.74. The lowest BCUT2D eigenvalue weighted by Gasteiger charge is -2.16. The Kier molecular flexibility index (Phi) is 4.37. The number of nitrogens with one attached hydrogen (secondary N) is 1. The third-order valence-corrected chi connectivity index (χ3v) is 3.26. The van der Waals surface area contributed by atoms with Crippen molar-refractivity contribution in [3.8, 4) is 5.82 Å². The van der Waals surface area contributed by atoms with E-state index in [0.29, 0.717) is 5.92 Å². The van der Waals surface area contributed by atoms with E-state index in [9.17, 15) is 0 Å². The van der Waals surface area contributed by atoms with E-state index in [4.69, 9.17) is 4.98 Å². The molecule has 0 bridgehead atoms. The number of hydrogen-bond acceptors (Lipinski definition) is 4. The summed E-state index contributed by atoms with van der Waals surface area (Å²) in [6, 6.07) is 0. The third kappa shape index (κ3) is 2.66. The number of nitrogens with zero attached hydrogens (tertiary/aromatic N) is 4. The first-order chi connectivity index (χ1) is 9.58. The molecule has 2 rings (SSSR count). The average molecular weight is 273 g/mol. The van der Waals surface area contributed by atoms with Gasteiger partial charge in [0.1, 0.15) is 23.3 Å². The van der Waals surface area contributed by atoms with Crippen LogP contribution in [0, 0.1) is 6.92 Å². The summed E-state index contributed by atoms with van der Waals surface area (Å²) in [4.78, 5) is 13.8. The largest absolute Gasteiger partial charge is 0.370 e. The van der Waals surface area contributed by atoms with Crippen molar-refractivity contribution in [3.63, 3.8) is 0 Å². The summed E-state index contributed by atoms with van der Waals surface area (Å²) in [6.07, 6.45) is 4.67. The summed E-state index contributed by atoms with van der Waals surface area (Å²) < 4.78 is 2.06. The van der Waals surface area contributed by atoms with E-state index in [0.717, 1.165) is 41.8 Å². The van der Waals surface area contributed by atoms with E-state index in [2.05, 4.69) is 54.5 Å². The number of rotatable bonds is 5. The first-order valence-electron chi connectivity index (χ1n) is 7.23. The minimum Gasteiger partial charge on any atom is -0.370 e. The van der Waals surface area contributed by atoms with Crippen LogP contribution < -0.4 is 5.32 Å². The molecular formula is C15H23N5. The SMILES string of the molecule is CCNc1nc(C(C)C)nc(-n2ccnc2CC)c1C. The molecule has 0 aromatic carbocycles. The van der Waals surface area contributed by atoms with Crippen LogP contribution in [0.4, 0.5) is 5.82 Å². The molecule has 20 heavy (non-hydrogen) atoms. The molecule has 108 valence electrons. The standard InChI is InChI=1S/C15H23N5/c1-6-12-17-8-9-20(12)15-11(5)14(16-7-2)18-13(19-15)10(3)4/h8-10H,6-7H2,1-5H3,(H,16,18,19). The fourth-order valence-corrected chi connectivity index (χ4v) is 2.14. The van der Waals surface area contributed by atoms with E-state index in [-0.39, 0.29) is 0 Å². The Morgan fingerprint density at radius 3 is 2.60 bits per heavy atom. The van der Waals surface area contributed by atoms with Crippen LogP contribution in [0.1, 0.15) is 50.8 Å². The number of aryl methyl sites for hydroxylation is 1. The van der Waals surface area contributed by atoms with Crippen LogP contribution in [-0.4, -0.2) is 26.1 Å². The van der Waals surface area contributed by atoms with Gasteiger partial charge in [0.05, 0.1) is 0 Å². The van der Waals surface area contributed by atoms with Gasteiger partial charge in [-0.05, 0) is 13.8 Å². The van der Waals surface area contributed by atoms with Crippen LogP contribution in [-0.2, 0) is 6.42 Å². The van der Waals surface area contributed by atoms with Crippen molar-refractivity contribution in [2.24, 2.45) is 0 Å². The zero-order chi connectivity index (χ0) is 14.7. The van der Waals surface area contributed by atoms with Crippen LogP contribution >= 0.6 is 0 Å². The zero-order valence-electron chi connectivity index (χ0n) is 12.9. The van der Waals surface area contributed by atoms with Gasteiger partial charge in [-0.1, -0.05) is 20.8 Å². The lowest BCUT2D eigenvalue weighted by molar-refractivity contribution is 0.750. The van der Waals surface area contributed by atoms with Gasteiger partial charge >= 0.3 is 0 Å². The first kappa shape index (κ1) is 14.5. The molecule has 1 N–H and O–H groups in total. The highest BCUT2D eigenvalue weighted by Gasteiger charge is 2.15. The van der Waals surface area contributed by atoms with Gasteiger partial charge in [0.15, 0.2) is 0 Å². The Bertz CT molecular complexity index is 586. The quantitative estimate of drug-likeness (QED) is 0.909. The van der Waals surface area contributed by atoms with Crippen molar-refractivity contribution in [2.45, 2.75) is 47.0 Å². The predicted molar refractivity (Wildman–Crippen MR) is 81.5 cm³/mol. The lowest BCUT2D eigenvalue weighted by atomic mass is 10.2. The molecule has 0 spiro atoms. The fourth-order valence-electron chi connectivity index (χ4n) is 2.14. The van der Waals surface area contributed by atoms with Crippen molar-refractivity contribution >= 4 is 5.82 Å². The second-order valence-corrected chi connectivity index (χ2v) is 5.13.